The molecule has 0 saturated carbocycles. The fourth-order valence-electron chi connectivity index (χ4n) is 1.13. The van der Waals surface area contributed by atoms with Gasteiger partial charge in [0, 0.05) is 0 Å². The number of halogens is 2. The molecule has 1 aromatic carbocycles. The highest BCUT2D eigenvalue weighted by molar-refractivity contribution is 6.30. The average Bonchev–Trinajstić information content (AvgIpc) is 2.19. The Kier molecular flexibility index (Phi) is 4.04. The predicted molar refractivity (Wildman–Crippen MR) is 60.3 cm³/mol. The highest BCUT2D eigenvalue weighted by atomic mass is 35.5. The molecule has 3 heteroatoms. The van der Waals surface area contributed by atoms with Gasteiger partial charge in [-0.1, -0.05) is 31.5 Å². The van der Waals surface area contributed by atoms with Crippen molar-refractivity contribution in [3.8, 4) is 0 Å². The summed E-state index contributed by atoms with van der Waals surface area (Å²) in [6.45, 7) is 3.82. The standard InChI is InChI=1S/C12H12ClFO/c1-8(2)10(7-15)5-9-3-4-11(13)12(14)6-9/h3-8H,1-2H3. The van der Waals surface area contributed by atoms with Crippen LogP contribution in [0.2, 0.25) is 5.02 Å². The van der Waals surface area contributed by atoms with E-state index in [0.717, 1.165) is 6.29 Å². The summed E-state index contributed by atoms with van der Waals surface area (Å²) in [5, 5.41) is 0.0874. The lowest BCUT2D eigenvalue weighted by molar-refractivity contribution is -0.105. The van der Waals surface area contributed by atoms with E-state index in [4.69, 9.17) is 11.6 Å². The van der Waals surface area contributed by atoms with Crippen molar-refractivity contribution in [1.82, 2.24) is 0 Å². The number of rotatable bonds is 3. The van der Waals surface area contributed by atoms with Gasteiger partial charge >= 0.3 is 0 Å². The number of carbonyl (C=O) groups excluding carboxylic acids is 1. The summed E-state index contributed by atoms with van der Waals surface area (Å²) in [7, 11) is 0. The van der Waals surface area contributed by atoms with E-state index >= 15 is 0 Å². The summed E-state index contributed by atoms with van der Waals surface area (Å²) in [4.78, 5) is 10.7. The van der Waals surface area contributed by atoms with Gasteiger partial charge in [0.05, 0.1) is 5.02 Å². The lowest BCUT2D eigenvalue weighted by Gasteiger charge is -2.03. The molecule has 0 aliphatic rings. The van der Waals surface area contributed by atoms with Gasteiger partial charge in [0.2, 0.25) is 0 Å². The Bertz CT molecular complexity index is 397. The van der Waals surface area contributed by atoms with Crippen molar-refractivity contribution >= 4 is 24.0 Å². The molecule has 1 rings (SSSR count). The Morgan fingerprint density at radius 1 is 1.47 bits per heavy atom. The summed E-state index contributed by atoms with van der Waals surface area (Å²) in [5.74, 6) is -0.347. The number of hydrogen-bond donors (Lipinski definition) is 0. The molecule has 80 valence electrons. The van der Waals surface area contributed by atoms with E-state index in [1.165, 1.54) is 12.1 Å². The second-order valence-electron chi connectivity index (χ2n) is 3.59. The third kappa shape index (κ3) is 3.17. The molecule has 1 nitrogen and oxygen atoms in total. The van der Waals surface area contributed by atoms with Crippen LogP contribution in [0.4, 0.5) is 4.39 Å². The minimum absolute atomic E-state index is 0.0874. The zero-order valence-electron chi connectivity index (χ0n) is 8.63. The van der Waals surface area contributed by atoms with Gasteiger partial charge in [0.25, 0.3) is 0 Å². The topological polar surface area (TPSA) is 17.1 Å². The zero-order chi connectivity index (χ0) is 11.4. The Morgan fingerprint density at radius 3 is 2.60 bits per heavy atom. The van der Waals surface area contributed by atoms with E-state index < -0.39 is 5.82 Å². The summed E-state index contributed by atoms with van der Waals surface area (Å²) in [6, 6.07) is 4.47. The lowest BCUT2D eigenvalue weighted by Crippen LogP contribution is -1.94. The van der Waals surface area contributed by atoms with Crippen LogP contribution in [-0.2, 0) is 4.79 Å². The molecule has 15 heavy (non-hydrogen) atoms. The van der Waals surface area contributed by atoms with Crippen LogP contribution in [0.1, 0.15) is 19.4 Å². The molecule has 0 fully saturated rings. The summed E-state index contributed by atoms with van der Waals surface area (Å²) in [6.07, 6.45) is 2.45. The molecule has 0 N–H and O–H groups in total. The van der Waals surface area contributed by atoms with Crippen molar-refractivity contribution in [2.75, 3.05) is 0 Å². The number of carbonyl (C=O) groups is 1. The van der Waals surface area contributed by atoms with Crippen molar-refractivity contribution in [3.05, 3.63) is 40.2 Å². The average molecular weight is 227 g/mol. The molecule has 0 aliphatic carbocycles. The van der Waals surface area contributed by atoms with E-state index in [1.807, 2.05) is 13.8 Å². The predicted octanol–water partition coefficient (Wildman–Crippen LogP) is 3.72. The van der Waals surface area contributed by atoms with Crippen molar-refractivity contribution in [2.45, 2.75) is 13.8 Å². The van der Waals surface area contributed by atoms with Gasteiger partial charge in [0.15, 0.2) is 0 Å². The van der Waals surface area contributed by atoms with Gasteiger partial charge < -0.3 is 0 Å². The fraction of sp³-hybridized carbons (Fsp3) is 0.250. The zero-order valence-corrected chi connectivity index (χ0v) is 9.38. The molecule has 0 atom stereocenters. The van der Waals surface area contributed by atoms with Crippen molar-refractivity contribution in [2.24, 2.45) is 5.92 Å². The summed E-state index contributed by atoms with van der Waals surface area (Å²) >= 11 is 5.55. The molecule has 0 heterocycles. The van der Waals surface area contributed by atoms with Crippen LogP contribution in [0.3, 0.4) is 0 Å². The Balaban J connectivity index is 3.07. The van der Waals surface area contributed by atoms with E-state index in [-0.39, 0.29) is 10.9 Å². The van der Waals surface area contributed by atoms with Crippen LogP contribution in [-0.4, -0.2) is 6.29 Å². The van der Waals surface area contributed by atoms with Crippen LogP contribution in [0.5, 0.6) is 0 Å². The fourth-order valence-corrected chi connectivity index (χ4v) is 1.25. The smallest absolute Gasteiger partial charge is 0.146 e. The largest absolute Gasteiger partial charge is 0.298 e. The SMILES string of the molecule is CC(C)C(C=O)=Cc1ccc(Cl)c(F)c1. The molecule has 1 aromatic rings. The maximum atomic E-state index is 13.1. The maximum absolute atomic E-state index is 13.1. The first kappa shape index (κ1) is 11.9. The van der Waals surface area contributed by atoms with E-state index in [9.17, 15) is 9.18 Å². The molecule has 0 amide bonds. The third-order valence-electron chi connectivity index (χ3n) is 2.08. The van der Waals surface area contributed by atoms with Gasteiger partial charge in [0.1, 0.15) is 12.1 Å². The lowest BCUT2D eigenvalue weighted by atomic mass is 10.0. The van der Waals surface area contributed by atoms with Crippen molar-refractivity contribution in [3.63, 3.8) is 0 Å². The quantitative estimate of drug-likeness (QED) is 0.567. The molecule has 0 radical (unpaired) electrons. The first-order valence-electron chi connectivity index (χ1n) is 4.66. The van der Waals surface area contributed by atoms with Crippen molar-refractivity contribution in [1.29, 1.82) is 0 Å². The maximum Gasteiger partial charge on any atom is 0.146 e. The number of allylic oxidation sites excluding steroid dienone is 1. The first-order valence-corrected chi connectivity index (χ1v) is 5.04. The number of hydrogen-bond acceptors (Lipinski definition) is 1. The van der Waals surface area contributed by atoms with Gasteiger partial charge in [-0.3, -0.25) is 4.79 Å². The molecule has 0 bridgehead atoms. The second kappa shape index (κ2) is 5.08. The molecule has 0 unspecified atom stereocenters. The normalized spacial score (nSPS) is 11.9. The summed E-state index contributed by atoms with van der Waals surface area (Å²) < 4.78 is 13.1. The Labute approximate surface area is 93.6 Å². The molecule has 0 spiro atoms. The summed E-state index contributed by atoms with van der Waals surface area (Å²) in [5.41, 5.74) is 1.28. The number of benzene rings is 1. The first-order chi connectivity index (χ1) is 7.04. The minimum Gasteiger partial charge on any atom is -0.298 e. The van der Waals surface area contributed by atoms with E-state index in [1.54, 1.807) is 12.1 Å². The highest BCUT2D eigenvalue weighted by Gasteiger charge is 2.03. The molecule has 0 aliphatic heterocycles. The van der Waals surface area contributed by atoms with Crippen LogP contribution < -0.4 is 0 Å². The van der Waals surface area contributed by atoms with Crippen LogP contribution in [0.15, 0.2) is 23.8 Å². The van der Waals surface area contributed by atoms with Gasteiger partial charge in [-0.05, 0) is 35.3 Å². The van der Waals surface area contributed by atoms with Crippen LogP contribution in [0.25, 0.3) is 6.08 Å². The van der Waals surface area contributed by atoms with Crippen LogP contribution in [0, 0.1) is 11.7 Å². The Hall–Kier alpha value is -1.15. The highest BCUT2D eigenvalue weighted by Crippen LogP contribution is 2.18. The van der Waals surface area contributed by atoms with Gasteiger partial charge in [-0.25, -0.2) is 4.39 Å². The van der Waals surface area contributed by atoms with E-state index in [0.29, 0.717) is 11.1 Å². The van der Waals surface area contributed by atoms with Gasteiger partial charge in [-0.2, -0.15) is 0 Å². The molecule has 0 saturated heterocycles. The monoisotopic (exact) mass is 226 g/mol. The van der Waals surface area contributed by atoms with Crippen LogP contribution >= 0.6 is 11.6 Å². The third-order valence-corrected chi connectivity index (χ3v) is 2.39. The number of aldehydes is 1. The van der Waals surface area contributed by atoms with E-state index in [2.05, 4.69) is 0 Å². The van der Waals surface area contributed by atoms with Crippen molar-refractivity contribution < 1.29 is 9.18 Å². The second-order valence-corrected chi connectivity index (χ2v) is 4.00. The van der Waals surface area contributed by atoms with Gasteiger partial charge in [-0.15, -0.1) is 0 Å². The minimum atomic E-state index is -0.473. The Morgan fingerprint density at radius 2 is 2.13 bits per heavy atom. The molecular weight excluding hydrogens is 215 g/mol. The molecule has 0 aromatic heterocycles. The molecular formula is C12H12ClFO.